The van der Waals surface area contributed by atoms with Crippen molar-refractivity contribution in [1.29, 1.82) is 0 Å². The Hall–Kier alpha value is -1.55. The summed E-state index contributed by atoms with van der Waals surface area (Å²) in [7, 11) is -3.42. The van der Waals surface area contributed by atoms with Crippen LogP contribution in [0.15, 0.2) is 46.3 Å². The van der Waals surface area contributed by atoms with E-state index in [0.717, 1.165) is 44.2 Å². The van der Waals surface area contributed by atoms with Gasteiger partial charge in [0.05, 0.1) is 4.90 Å². The van der Waals surface area contributed by atoms with E-state index in [1.54, 1.807) is 24.3 Å². The second-order valence-electron chi connectivity index (χ2n) is 5.64. The first-order valence-electron chi connectivity index (χ1n) is 7.66. The Morgan fingerprint density at radius 1 is 1.19 bits per heavy atom. The van der Waals surface area contributed by atoms with E-state index < -0.39 is 9.84 Å². The van der Waals surface area contributed by atoms with Crippen LogP contribution in [0.5, 0.6) is 0 Å². The van der Waals surface area contributed by atoms with Gasteiger partial charge in [-0.25, -0.2) is 8.42 Å². The number of unbranched alkanes of at least 4 members (excludes halogenated alkanes) is 1. The number of sulfone groups is 1. The molecule has 0 N–H and O–H groups in total. The lowest BCUT2D eigenvalue weighted by molar-refractivity contribution is 0.574. The molecule has 0 bridgehead atoms. The van der Waals surface area contributed by atoms with Crippen LogP contribution in [0.25, 0.3) is 0 Å². The van der Waals surface area contributed by atoms with E-state index in [2.05, 4.69) is 13.0 Å². The first-order valence-corrected chi connectivity index (χ1v) is 9.14. The third-order valence-electron chi connectivity index (χ3n) is 4.13. The lowest BCUT2D eigenvalue weighted by atomic mass is 10.1. The summed E-state index contributed by atoms with van der Waals surface area (Å²) in [5.74, 6) is 0. The molecular weight excluding hydrogens is 282 g/mol. The fourth-order valence-corrected chi connectivity index (χ4v) is 4.83. The van der Waals surface area contributed by atoms with Crippen molar-refractivity contribution in [1.82, 2.24) is 4.57 Å². The lowest BCUT2D eigenvalue weighted by Crippen LogP contribution is -2.11. The van der Waals surface area contributed by atoms with E-state index in [1.165, 1.54) is 5.69 Å². The molecule has 0 aliphatic carbocycles. The summed E-state index contributed by atoms with van der Waals surface area (Å²) in [6.07, 6.45) is 4.98. The fourth-order valence-electron chi connectivity index (χ4n) is 3.09. The van der Waals surface area contributed by atoms with Crippen molar-refractivity contribution in [2.75, 3.05) is 0 Å². The van der Waals surface area contributed by atoms with Crippen LogP contribution in [0.2, 0.25) is 0 Å². The molecule has 0 radical (unpaired) electrons. The molecule has 4 heteroatoms. The monoisotopic (exact) mass is 303 g/mol. The molecular formula is C17H21NO2S. The topological polar surface area (TPSA) is 39.1 Å². The van der Waals surface area contributed by atoms with Crippen LogP contribution in [0, 0.1) is 0 Å². The fraction of sp³-hybridized carbons (Fsp3) is 0.412. The number of fused-ring (bicyclic) bond motifs is 1. The summed E-state index contributed by atoms with van der Waals surface area (Å²) in [6, 6.07) is 10.9. The van der Waals surface area contributed by atoms with Gasteiger partial charge in [0.1, 0.15) is 5.03 Å². The molecule has 1 aliphatic heterocycles. The highest BCUT2D eigenvalue weighted by Crippen LogP contribution is 2.32. The van der Waals surface area contributed by atoms with Gasteiger partial charge in [0.25, 0.3) is 0 Å². The normalized spacial score (nSPS) is 14.3. The zero-order valence-electron chi connectivity index (χ0n) is 12.4. The minimum atomic E-state index is -3.42. The molecule has 1 aromatic carbocycles. The molecule has 2 aromatic rings. The molecule has 21 heavy (non-hydrogen) atoms. The third kappa shape index (κ3) is 2.53. The summed E-state index contributed by atoms with van der Waals surface area (Å²) < 4.78 is 28.1. The maximum Gasteiger partial charge on any atom is 0.222 e. The van der Waals surface area contributed by atoms with Gasteiger partial charge in [-0.15, -0.1) is 0 Å². The third-order valence-corrected chi connectivity index (χ3v) is 6.01. The van der Waals surface area contributed by atoms with E-state index in [-0.39, 0.29) is 0 Å². The maximum absolute atomic E-state index is 13.0. The maximum atomic E-state index is 13.0. The van der Waals surface area contributed by atoms with Crippen LogP contribution in [0.3, 0.4) is 0 Å². The summed E-state index contributed by atoms with van der Waals surface area (Å²) in [6.45, 7) is 2.96. The molecule has 0 fully saturated rings. The second kappa shape index (κ2) is 5.68. The SMILES string of the molecule is CCCCc1cc2n(c1S(=O)(=O)c1ccccc1)CCC2. The van der Waals surface area contributed by atoms with Gasteiger partial charge >= 0.3 is 0 Å². The van der Waals surface area contributed by atoms with Crippen molar-refractivity contribution >= 4 is 9.84 Å². The summed E-state index contributed by atoms with van der Waals surface area (Å²) in [5, 5.41) is 0.537. The van der Waals surface area contributed by atoms with Crippen molar-refractivity contribution in [3.8, 4) is 0 Å². The van der Waals surface area contributed by atoms with E-state index in [0.29, 0.717) is 9.92 Å². The Labute approximate surface area is 126 Å². The number of benzene rings is 1. The number of hydrogen-bond donors (Lipinski definition) is 0. The van der Waals surface area contributed by atoms with Gasteiger partial charge in [-0.05, 0) is 49.4 Å². The van der Waals surface area contributed by atoms with Crippen molar-refractivity contribution in [3.63, 3.8) is 0 Å². The van der Waals surface area contributed by atoms with Crippen LogP contribution in [-0.2, 0) is 29.2 Å². The molecule has 2 heterocycles. The van der Waals surface area contributed by atoms with Crippen LogP contribution < -0.4 is 0 Å². The highest BCUT2D eigenvalue weighted by molar-refractivity contribution is 7.91. The van der Waals surface area contributed by atoms with Crippen molar-refractivity contribution in [3.05, 3.63) is 47.7 Å². The first kappa shape index (κ1) is 14.4. The highest BCUT2D eigenvalue weighted by atomic mass is 32.2. The molecule has 3 rings (SSSR count). The molecule has 1 aromatic heterocycles. The van der Waals surface area contributed by atoms with Gasteiger partial charge in [0, 0.05) is 12.2 Å². The molecule has 0 amide bonds. The average Bonchev–Trinajstić information content (AvgIpc) is 3.06. The zero-order chi connectivity index (χ0) is 14.9. The predicted octanol–water partition coefficient (Wildman–Crippen LogP) is 3.61. The first-order chi connectivity index (χ1) is 10.1. The molecule has 0 spiro atoms. The summed E-state index contributed by atoms with van der Waals surface area (Å²) in [4.78, 5) is 0.399. The van der Waals surface area contributed by atoms with Crippen LogP contribution in [-0.4, -0.2) is 13.0 Å². The number of rotatable bonds is 5. The van der Waals surface area contributed by atoms with Gasteiger partial charge in [0.2, 0.25) is 9.84 Å². The molecule has 0 atom stereocenters. The van der Waals surface area contributed by atoms with Gasteiger partial charge in [-0.3, -0.25) is 0 Å². The van der Waals surface area contributed by atoms with Crippen molar-refractivity contribution in [2.45, 2.75) is 55.5 Å². The van der Waals surface area contributed by atoms with Gasteiger partial charge in [0.15, 0.2) is 0 Å². The Kier molecular flexibility index (Phi) is 3.89. The van der Waals surface area contributed by atoms with E-state index in [9.17, 15) is 8.42 Å². The molecule has 0 unspecified atom stereocenters. The van der Waals surface area contributed by atoms with Crippen molar-refractivity contribution < 1.29 is 8.42 Å². The standard InChI is InChI=1S/C17H21NO2S/c1-2-3-8-14-13-15-9-7-12-18(15)17(14)21(19,20)16-10-5-4-6-11-16/h4-6,10-11,13H,2-3,7-9,12H2,1H3. The largest absolute Gasteiger partial charge is 0.335 e. The smallest absolute Gasteiger partial charge is 0.222 e. The van der Waals surface area contributed by atoms with Crippen LogP contribution >= 0.6 is 0 Å². The van der Waals surface area contributed by atoms with Crippen molar-refractivity contribution in [2.24, 2.45) is 0 Å². The van der Waals surface area contributed by atoms with Crippen LogP contribution in [0.1, 0.15) is 37.4 Å². The molecule has 0 saturated heterocycles. The molecule has 0 saturated carbocycles. The Morgan fingerprint density at radius 3 is 2.67 bits per heavy atom. The minimum absolute atomic E-state index is 0.399. The molecule has 1 aliphatic rings. The number of aromatic nitrogens is 1. The number of aryl methyl sites for hydroxylation is 2. The Morgan fingerprint density at radius 2 is 1.95 bits per heavy atom. The minimum Gasteiger partial charge on any atom is -0.335 e. The average molecular weight is 303 g/mol. The Balaban J connectivity index is 2.12. The number of hydrogen-bond acceptors (Lipinski definition) is 2. The zero-order valence-corrected chi connectivity index (χ0v) is 13.2. The molecule has 112 valence electrons. The lowest BCUT2D eigenvalue weighted by Gasteiger charge is -2.11. The van der Waals surface area contributed by atoms with Gasteiger partial charge < -0.3 is 4.57 Å². The van der Waals surface area contributed by atoms with E-state index >= 15 is 0 Å². The van der Waals surface area contributed by atoms with E-state index in [1.807, 2.05) is 10.6 Å². The second-order valence-corrected chi connectivity index (χ2v) is 7.51. The summed E-state index contributed by atoms with van der Waals surface area (Å²) in [5.41, 5.74) is 2.17. The predicted molar refractivity (Wildman–Crippen MR) is 83.3 cm³/mol. The Bertz CT molecular complexity index is 730. The number of nitrogens with zero attached hydrogens (tertiary/aromatic N) is 1. The van der Waals surface area contributed by atoms with Gasteiger partial charge in [-0.2, -0.15) is 0 Å². The van der Waals surface area contributed by atoms with E-state index in [4.69, 9.17) is 0 Å². The molecule has 3 nitrogen and oxygen atoms in total. The quantitative estimate of drug-likeness (QED) is 0.846. The van der Waals surface area contributed by atoms with Crippen LogP contribution in [0.4, 0.5) is 0 Å². The van der Waals surface area contributed by atoms with Gasteiger partial charge in [-0.1, -0.05) is 31.5 Å². The summed E-state index contributed by atoms with van der Waals surface area (Å²) >= 11 is 0. The highest BCUT2D eigenvalue weighted by Gasteiger charge is 2.29.